The van der Waals surface area contributed by atoms with Crippen molar-refractivity contribution in [2.24, 2.45) is 0 Å². The first kappa shape index (κ1) is 53.6. The van der Waals surface area contributed by atoms with Crippen LogP contribution < -0.4 is 0 Å². The first-order valence-corrected chi connectivity index (χ1v) is 68.3. The van der Waals surface area contributed by atoms with Gasteiger partial charge in [0.1, 0.15) is 0 Å². The lowest BCUT2D eigenvalue weighted by molar-refractivity contribution is 0.859. The maximum Gasteiger partial charge on any atom is 0.0400 e. The quantitative estimate of drug-likeness (QED) is 0.135. The summed E-state index contributed by atoms with van der Waals surface area (Å²) >= 11 is 0. The first-order chi connectivity index (χ1) is 27.1. The Morgan fingerprint density at radius 1 is 0.117 bits per heavy atom. The molecule has 0 aromatic carbocycles. The van der Waals surface area contributed by atoms with E-state index in [1.165, 1.54) is 0 Å². The highest BCUT2D eigenvalue weighted by molar-refractivity contribution is 8.76. The fourth-order valence-electron chi connectivity index (χ4n) is 29.7. The Labute approximate surface area is 388 Å². The van der Waals surface area contributed by atoms with Gasteiger partial charge in [0.05, 0.1) is 0 Å². The van der Waals surface area contributed by atoms with Crippen LogP contribution in [0.4, 0.5) is 0 Å². The summed E-state index contributed by atoms with van der Waals surface area (Å²) in [5.74, 6) is 0. The van der Waals surface area contributed by atoms with E-state index in [0.717, 1.165) is 88.7 Å². The van der Waals surface area contributed by atoms with Gasteiger partial charge in [-0.3, -0.25) is 0 Å². The minimum absolute atomic E-state index is 1.01. The fraction of sp³-hybridized carbons (Fsp3) is 1.00. The minimum atomic E-state index is -1.81. The third-order valence-electron chi connectivity index (χ3n) is 24.4. The van der Waals surface area contributed by atoms with Gasteiger partial charge in [-0.15, -0.1) is 0 Å². The van der Waals surface area contributed by atoms with Crippen molar-refractivity contribution in [1.82, 2.24) is 0 Å². The van der Waals surface area contributed by atoms with Crippen LogP contribution in [0, 0.1) is 0 Å². The molecule has 0 aromatic rings. The van der Waals surface area contributed by atoms with Crippen LogP contribution in [0.3, 0.4) is 0 Å². The summed E-state index contributed by atoms with van der Waals surface area (Å²) in [6.45, 7) is 83.9. The lowest BCUT2D eigenvalue weighted by atomic mass is 10.5. The van der Waals surface area contributed by atoms with Gasteiger partial charge in [0.25, 0.3) is 0 Å². The average molecular weight is 1030 g/mol. The SMILES string of the molecule is CC(C)[Si]1(C(C)C)[Si](C(C)C)(C(C)C)[Si]2(C(C)C)[Si]1(C(C)C)[Si]1(C(C)C)[Si]2(C(C)C)[Si]2(C(C)C)[Si]3(C(C)C)[Si](C(C)C)(C(C)C)[Si](C(C)C)(C(C)C)[Si]3(C(C)C)[Si]12C(C)C. The normalized spacial score (nSPS) is 40.8. The molecule has 0 N–H and O–H groups in total. The molecule has 5 saturated heterocycles. The van der Waals surface area contributed by atoms with Crippen molar-refractivity contribution in [3.63, 3.8) is 0 Å². The first-order valence-electron chi connectivity index (χ1n) is 27.1. The highest BCUT2D eigenvalue weighted by Gasteiger charge is 3.28. The highest BCUT2D eigenvalue weighted by Crippen LogP contribution is 3.01. The Balaban J connectivity index is 2.46. The number of rotatable bonds is 16. The van der Waals surface area contributed by atoms with Gasteiger partial charge in [0.2, 0.25) is 0 Å². The summed E-state index contributed by atoms with van der Waals surface area (Å²) in [5.41, 5.74) is 16.9. The zero-order valence-electron chi connectivity index (χ0n) is 47.2. The molecule has 0 spiro atoms. The largest absolute Gasteiger partial charge is 0.0659 e. The van der Waals surface area contributed by atoms with Crippen LogP contribution >= 0.6 is 0 Å². The van der Waals surface area contributed by atoms with Gasteiger partial charge in [-0.1, -0.05) is 310 Å². The molecular weight excluding hydrogens is 914 g/mol. The summed E-state index contributed by atoms with van der Waals surface area (Å²) in [7, 11) is -7.12. The van der Waals surface area contributed by atoms with Gasteiger partial charge in [-0.25, -0.2) is 0 Å². The molecule has 60 heavy (non-hydrogen) atoms. The molecule has 0 amide bonds. The summed E-state index contributed by atoms with van der Waals surface area (Å²) < 4.78 is 0. The second kappa shape index (κ2) is 15.1. The molecule has 0 nitrogen and oxygen atoms in total. The molecule has 5 fully saturated rings. The molecule has 0 aliphatic carbocycles. The Kier molecular flexibility index (Phi) is 13.4. The second-order valence-corrected chi connectivity index (χ2v) is 185. The molecule has 0 bridgehead atoms. The predicted octanol–water partition coefficient (Wildman–Crippen LogP) is 17.3. The van der Waals surface area contributed by atoms with Crippen molar-refractivity contribution in [3.8, 4) is 0 Å². The molecule has 5 heterocycles. The highest BCUT2D eigenvalue weighted by atomic mass is 31.0. The Morgan fingerprint density at radius 2 is 0.200 bits per heavy atom. The third kappa shape index (κ3) is 3.66. The summed E-state index contributed by atoms with van der Waals surface area (Å²) in [6.07, 6.45) is 0. The van der Waals surface area contributed by atoms with E-state index in [4.69, 9.17) is 0 Å². The van der Waals surface area contributed by atoms with E-state index in [2.05, 4.69) is 222 Å². The Morgan fingerprint density at radius 3 is 0.250 bits per heavy atom. The second-order valence-electron chi connectivity index (χ2n) is 28.4. The zero-order chi connectivity index (χ0) is 47.2. The molecule has 4 unspecified atom stereocenters. The molecule has 5 aliphatic rings. The van der Waals surface area contributed by atoms with Gasteiger partial charge in [-0.05, 0) is 0 Å². The predicted molar refractivity (Wildman–Crippen MR) is 311 cm³/mol. The molecule has 12 heteroatoms. The van der Waals surface area contributed by atoms with Crippen LogP contribution in [-0.4, -0.2) is 81.4 Å². The van der Waals surface area contributed by atoms with Crippen LogP contribution in [0.2, 0.25) is 88.7 Å². The van der Waals surface area contributed by atoms with Crippen molar-refractivity contribution in [2.45, 2.75) is 310 Å². The maximum atomic E-state index is 3.16. The van der Waals surface area contributed by atoms with Crippen molar-refractivity contribution >= 4 is 81.4 Å². The fourth-order valence-corrected chi connectivity index (χ4v) is 1300. The maximum absolute atomic E-state index is 3.16. The van der Waals surface area contributed by atoms with Crippen LogP contribution in [0.25, 0.3) is 0 Å². The van der Waals surface area contributed by atoms with Crippen LogP contribution in [-0.2, 0) is 0 Å². The van der Waals surface area contributed by atoms with Crippen molar-refractivity contribution in [1.29, 1.82) is 0 Å². The summed E-state index contributed by atoms with van der Waals surface area (Å²) in [5, 5.41) is 0. The van der Waals surface area contributed by atoms with Crippen molar-refractivity contribution in [3.05, 3.63) is 0 Å². The number of hydrogen-bond acceptors (Lipinski definition) is 0. The molecule has 0 saturated carbocycles. The van der Waals surface area contributed by atoms with E-state index in [-0.39, 0.29) is 0 Å². The molecule has 5 rings (SSSR count). The van der Waals surface area contributed by atoms with E-state index >= 15 is 0 Å². The van der Waals surface area contributed by atoms with E-state index in [1.54, 1.807) is 0 Å². The van der Waals surface area contributed by atoms with Crippen LogP contribution in [0.15, 0.2) is 0 Å². The summed E-state index contributed by atoms with van der Waals surface area (Å²) in [6, 6.07) is 0. The molecule has 5 aliphatic heterocycles. The molecular formula is C48H112Si12. The van der Waals surface area contributed by atoms with Crippen LogP contribution in [0.5, 0.6) is 0 Å². The van der Waals surface area contributed by atoms with Gasteiger partial charge < -0.3 is 0 Å². The third-order valence-corrected chi connectivity index (χ3v) is 517. The van der Waals surface area contributed by atoms with E-state index in [0.29, 0.717) is 0 Å². The lowest BCUT2D eigenvalue weighted by Gasteiger charge is -3.22. The van der Waals surface area contributed by atoms with E-state index in [1.807, 2.05) is 0 Å². The Bertz CT molecular complexity index is 1370. The van der Waals surface area contributed by atoms with Gasteiger partial charge in [0, 0.05) is 81.4 Å². The topological polar surface area (TPSA) is 0 Å². The van der Waals surface area contributed by atoms with Crippen LogP contribution in [0.1, 0.15) is 222 Å². The molecule has 352 valence electrons. The number of hydrogen-bond donors (Lipinski definition) is 0. The molecule has 0 aromatic heterocycles. The van der Waals surface area contributed by atoms with Crippen molar-refractivity contribution < 1.29 is 0 Å². The van der Waals surface area contributed by atoms with Gasteiger partial charge in [-0.2, -0.15) is 0 Å². The summed E-state index contributed by atoms with van der Waals surface area (Å²) in [4.78, 5) is 0. The smallest absolute Gasteiger partial charge is 0.0400 e. The average Bonchev–Trinajstić information content (AvgIpc) is 3.01. The van der Waals surface area contributed by atoms with Crippen molar-refractivity contribution in [2.75, 3.05) is 0 Å². The lowest BCUT2D eigenvalue weighted by Crippen LogP contribution is -3.53. The minimum Gasteiger partial charge on any atom is -0.0659 e. The standard InChI is InChI=1S/C48H112Si12/c1-33(2)49(34(3)4)50(35(5)6,36(7)8)54(42(19)20)53(49,41(17)18)57(45(25)26)58(54,46(27)28)60(48(31)32)56(44(23)24)52(39(13)14,40(15)16)51(37(9)10,38(11)12)55(56,43(21)22)59(57,60)47(29)30/h33-48H,1-32H3. The van der Waals surface area contributed by atoms with Gasteiger partial charge >= 0.3 is 0 Å². The molecule has 0 radical (unpaired) electrons. The molecule has 4 atom stereocenters. The van der Waals surface area contributed by atoms with Gasteiger partial charge in [0.15, 0.2) is 0 Å². The van der Waals surface area contributed by atoms with E-state index < -0.39 is 81.4 Å². The monoisotopic (exact) mass is 1020 g/mol. The zero-order valence-corrected chi connectivity index (χ0v) is 59.2. The van der Waals surface area contributed by atoms with E-state index in [9.17, 15) is 0 Å². The Hall–Kier alpha value is 2.60. The number of fused-ring (bicyclic) bond motifs is 10.